The highest BCUT2D eigenvalue weighted by molar-refractivity contribution is 4.94. The summed E-state index contributed by atoms with van der Waals surface area (Å²) in [5, 5.41) is 11.8. The third-order valence-corrected chi connectivity index (χ3v) is 4.20. The SMILES string of the molecule is c1c(CNC2CC2)nnn1CCOCCN1CCCCC1. The summed E-state index contributed by atoms with van der Waals surface area (Å²) in [6.07, 6.45) is 8.70. The standard InChI is InChI=1S/C15H27N5O/c1-2-6-19(7-3-1)8-10-21-11-9-20-13-15(17-18-20)12-16-14-4-5-14/h13-14,16H,1-12H2. The molecule has 6 nitrogen and oxygen atoms in total. The molecule has 1 N–H and O–H groups in total. The maximum Gasteiger partial charge on any atom is 0.0964 e. The van der Waals surface area contributed by atoms with Crippen molar-refractivity contribution in [1.82, 2.24) is 25.2 Å². The van der Waals surface area contributed by atoms with Gasteiger partial charge in [0.1, 0.15) is 0 Å². The van der Waals surface area contributed by atoms with Gasteiger partial charge in [-0.3, -0.25) is 0 Å². The van der Waals surface area contributed by atoms with Gasteiger partial charge in [0.2, 0.25) is 0 Å². The molecular weight excluding hydrogens is 266 g/mol. The van der Waals surface area contributed by atoms with Crippen molar-refractivity contribution in [2.45, 2.75) is 51.2 Å². The van der Waals surface area contributed by atoms with Gasteiger partial charge in [0.15, 0.2) is 0 Å². The highest BCUT2D eigenvalue weighted by Crippen LogP contribution is 2.18. The molecule has 1 aliphatic carbocycles. The molecule has 0 radical (unpaired) electrons. The zero-order valence-electron chi connectivity index (χ0n) is 12.8. The van der Waals surface area contributed by atoms with Crippen LogP contribution in [0.5, 0.6) is 0 Å². The van der Waals surface area contributed by atoms with E-state index in [0.717, 1.165) is 31.9 Å². The second-order valence-corrected chi connectivity index (χ2v) is 6.14. The first kappa shape index (κ1) is 14.9. The van der Waals surface area contributed by atoms with Gasteiger partial charge in [-0.1, -0.05) is 11.6 Å². The Morgan fingerprint density at radius 3 is 2.76 bits per heavy atom. The summed E-state index contributed by atoms with van der Waals surface area (Å²) >= 11 is 0. The van der Waals surface area contributed by atoms with Crippen LogP contribution in [-0.4, -0.2) is 58.8 Å². The van der Waals surface area contributed by atoms with Crippen molar-refractivity contribution in [3.8, 4) is 0 Å². The third kappa shape index (κ3) is 5.37. The van der Waals surface area contributed by atoms with Crippen LogP contribution in [-0.2, 0) is 17.8 Å². The summed E-state index contributed by atoms with van der Waals surface area (Å²) in [7, 11) is 0. The van der Waals surface area contributed by atoms with Gasteiger partial charge in [0.25, 0.3) is 0 Å². The molecule has 1 aromatic rings. The zero-order valence-corrected chi connectivity index (χ0v) is 12.8. The molecule has 1 saturated heterocycles. The Balaban J connectivity index is 1.24. The fraction of sp³-hybridized carbons (Fsp3) is 0.867. The Bertz CT molecular complexity index is 412. The number of nitrogens with one attached hydrogen (secondary N) is 1. The molecule has 2 heterocycles. The second-order valence-electron chi connectivity index (χ2n) is 6.14. The van der Waals surface area contributed by atoms with E-state index in [1.807, 2.05) is 10.9 Å². The quantitative estimate of drug-likeness (QED) is 0.689. The first-order valence-electron chi connectivity index (χ1n) is 8.33. The van der Waals surface area contributed by atoms with Crippen molar-refractivity contribution in [2.24, 2.45) is 0 Å². The minimum absolute atomic E-state index is 0.715. The fourth-order valence-corrected chi connectivity index (χ4v) is 2.70. The molecule has 3 rings (SSSR count). The predicted molar refractivity (Wildman–Crippen MR) is 81.0 cm³/mol. The van der Waals surface area contributed by atoms with Gasteiger partial charge in [-0.25, -0.2) is 4.68 Å². The van der Waals surface area contributed by atoms with Crippen LogP contribution in [0.2, 0.25) is 0 Å². The van der Waals surface area contributed by atoms with Gasteiger partial charge in [0.05, 0.1) is 25.5 Å². The largest absolute Gasteiger partial charge is 0.378 e. The van der Waals surface area contributed by atoms with E-state index in [4.69, 9.17) is 4.74 Å². The lowest BCUT2D eigenvalue weighted by atomic mass is 10.1. The second kappa shape index (κ2) is 7.87. The van der Waals surface area contributed by atoms with Gasteiger partial charge in [-0.05, 0) is 38.8 Å². The summed E-state index contributed by atoms with van der Waals surface area (Å²) in [6, 6.07) is 0.716. The molecule has 0 aromatic carbocycles. The number of ether oxygens (including phenoxy) is 1. The van der Waals surface area contributed by atoms with Crippen LogP contribution in [0.1, 0.15) is 37.8 Å². The van der Waals surface area contributed by atoms with Crippen molar-refractivity contribution < 1.29 is 4.74 Å². The minimum atomic E-state index is 0.715. The lowest BCUT2D eigenvalue weighted by Gasteiger charge is -2.26. The lowest BCUT2D eigenvalue weighted by Crippen LogP contribution is -2.32. The summed E-state index contributed by atoms with van der Waals surface area (Å²) < 4.78 is 7.59. The fourth-order valence-electron chi connectivity index (χ4n) is 2.70. The van der Waals surface area contributed by atoms with Gasteiger partial charge in [-0.2, -0.15) is 0 Å². The van der Waals surface area contributed by atoms with E-state index >= 15 is 0 Å². The highest BCUT2D eigenvalue weighted by Gasteiger charge is 2.20. The summed E-state index contributed by atoms with van der Waals surface area (Å²) in [4.78, 5) is 2.50. The Morgan fingerprint density at radius 1 is 1.14 bits per heavy atom. The van der Waals surface area contributed by atoms with E-state index in [2.05, 4.69) is 20.5 Å². The first-order valence-corrected chi connectivity index (χ1v) is 8.33. The van der Waals surface area contributed by atoms with Gasteiger partial charge >= 0.3 is 0 Å². The van der Waals surface area contributed by atoms with Crippen LogP contribution in [0.3, 0.4) is 0 Å². The number of likely N-dealkylation sites (tertiary alicyclic amines) is 1. The zero-order chi connectivity index (χ0) is 14.3. The molecule has 118 valence electrons. The van der Waals surface area contributed by atoms with Crippen LogP contribution in [0, 0.1) is 0 Å². The molecule has 1 saturated carbocycles. The Labute approximate surface area is 126 Å². The molecule has 0 unspecified atom stereocenters. The van der Waals surface area contributed by atoms with E-state index in [1.165, 1.54) is 45.2 Å². The Kier molecular flexibility index (Phi) is 5.60. The monoisotopic (exact) mass is 293 g/mol. The van der Waals surface area contributed by atoms with Crippen molar-refractivity contribution in [1.29, 1.82) is 0 Å². The topological polar surface area (TPSA) is 55.2 Å². The summed E-state index contributed by atoms with van der Waals surface area (Å²) in [6.45, 7) is 6.70. The average Bonchev–Trinajstić information content (AvgIpc) is 3.25. The molecule has 6 heteroatoms. The molecule has 21 heavy (non-hydrogen) atoms. The summed E-state index contributed by atoms with van der Waals surface area (Å²) in [5.41, 5.74) is 1.02. The van der Waals surface area contributed by atoms with Crippen LogP contribution < -0.4 is 5.32 Å². The molecule has 2 aliphatic rings. The average molecular weight is 293 g/mol. The number of rotatable bonds is 9. The van der Waals surface area contributed by atoms with E-state index in [0.29, 0.717) is 12.6 Å². The molecule has 0 bridgehead atoms. The minimum Gasteiger partial charge on any atom is -0.378 e. The van der Waals surface area contributed by atoms with Crippen molar-refractivity contribution >= 4 is 0 Å². The smallest absolute Gasteiger partial charge is 0.0964 e. The van der Waals surface area contributed by atoms with Crippen molar-refractivity contribution in [3.05, 3.63) is 11.9 Å². The van der Waals surface area contributed by atoms with Crippen LogP contribution in [0.4, 0.5) is 0 Å². The first-order chi connectivity index (χ1) is 10.4. The number of aromatic nitrogens is 3. The molecule has 0 amide bonds. The number of nitrogens with zero attached hydrogens (tertiary/aromatic N) is 4. The maximum atomic E-state index is 5.71. The lowest BCUT2D eigenvalue weighted by molar-refractivity contribution is 0.0896. The maximum absolute atomic E-state index is 5.71. The van der Waals surface area contributed by atoms with Crippen LogP contribution in [0.25, 0.3) is 0 Å². The predicted octanol–water partition coefficient (Wildman–Crippen LogP) is 1.03. The van der Waals surface area contributed by atoms with Gasteiger partial charge < -0.3 is 15.0 Å². The van der Waals surface area contributed by atoms with Crippen LogP contribution >= 0.6 is 0 Å². The Morgan fingerprint density at radius 2 is 1.95 bits per heavy atom. The van der Waals surface area contributed by atoms with E-state index in [9.17, 15) is 0 Å². The molecule has 1 aliphatic heterocycles. The van der Waals surface area contributed by atoms with Crippen molar-refractivity contribution in [3.63, 3.8) is 0 Å². The summed E-state index contributed by atoms with van der Waals surface area (Å²) in [5.74, 6) is 0. The van der Waals surface area contributed by atoms with Crippen LogP contribution in [0.15, 0.2) is 6.20 Å². The molecule has 1 aromatic heterocycles. The van der Waals surface area contributed by atoms with Gasteiger partial charge in [0, 0.05) is 25.3 Å². The van der Waals surface area contributed by atoms with E-state index in [1.54, 1.807) is 0 Å². The molecular formula is C15H27N5O. The third-order valence-electron chi connectivity index (χ3n) is 4.20. The number of hydrogen-bond acceptors (Lipinski definition) is 5. The molecule has 0 atom stereocenters. The molecule has 2 fully saturated rings. The Hall–Kier alpha value is -0.980. The van der Waals surface area contributed by atoms with Crippen molar-refractivity contribution in [2.75, 3.05) is 32.8 Å². The number of hydrogen-bond donors (Lipinski definition) is 1. The van der Waals surface area contributed by atoms with E-state index in [-0.39, 0.29) is 0 Å². The number of piperidine rings is 1. The van der Waals surface area contributed by atoms with E-state index < -0.39 is 0 Å². The highest BCUT2D eigenvalue weighted by atomic mass is 16.5. The molecule has 0 spiro atoms. The normalized spacial score (nSPS) is 20.0. The van der Waals surface area contributed by atoms with Gasteiger partial charge in [-0.15, -0.1) is 5.10 Å².